The SMILES string of the molecule is Fc1ccccc1N1CCN(C/C=C/Cl)CC1. The van der Waals surface area contributed by atoms with E-state index in [1.807, 2.05) is 18.2 Å². The molecule has 0 radical (unpaired) electrons. The molecule has 0 saturated carbocycles. The number of hydrogen-bond acceptors (Lipinski definition) is 2. The third kappa shape index (κ3) is 3.20. The highest BCUT2D eigenvalue weighted by molar-refractivity contribution is 6.25. The van der Waals surface area contributed by atoms with Crippen molar-refractivity contribution in [3.05, 3.63) is 41.7 Å². The van der Waals surface area contributed by atoms with E-state index >= 15 is 0 Å². The summed E-state index contributed by atoms with van der Waals surface area (Å²) in [6, 6.07) is 6.95. The molecule has 0 spiro atoms. The zero-order valence-electron chi connectivity index (χ0n) is 9.65. The van der Waals surface area contributed by atoms with E-state index in [-0.39, 0.29) is 5.82 Å². The van der Waals surface area contributed by atoms with Crippen molar-refractivity contribution < 1.29 is 4.39 Å². The van der Waals surface area contributed by atoms with Gasteiger partial charge in [0, 0.05) is 38.3 Å². The van der Waals surface area contributed by atoms with Crippen LogP contribution in [0, 0.1) is 5.82 Å². The number of benzene rings is 1. The molecule has 4 heteroatoms. The van der Waals surface area contributed by atoms with E-state index in [9.17, 15) is 4.39 Å². The fourth-order valence-electron chi connectivity index (χ4n) is 2.07. The molecule has 1 fully saturated rings. The second kappa shape index (κ2) is 6.03. The quantitative estimate of drug-likeness (QED) is 0.818. The van der Waals surface area contributed by atoms with E-state index in [2.05, 4.69) is 9.80 Å². The minimum Gasteiger partial charge on any atom is -0.367 e. The third-order valence-corrected chi connectivity index (χ3v) is 3.20. The molecule has 0 atom stereocenters. The average molecular weight is 255 g/mol. The molecule has 1 saturated heterocycles. The molecule has 0 amide bonds. The summed E-state index contributed by atoms with van der Waals surface area (Å²) >= 11 is 5.50. The van der Waals surface area contributed by atoms with Crippen molar-refractivity contribution in [3.8, 4) is 0 Å². The number of piperazine rings is 1. The van der Waals surface area contributed by atoms with E-state index in [0.29, 0.717) is 5.69 Å². The Hall–Kier alpha value is -1.06. The van der Waals surface area contributed by atoms with Gasteiger partial charge in [0.15, 0.2) is 0 Å². The lowest BCUT2D eigenvalue weighted by Crippen LogP contribution is -2.46. The second-order valence-electron chi connectivity index (χ2n) is 4.10. The Morgan fingerprint density at radius 1 is 1.18 bits per heavy atom. The topological polar surface area (TPSA) is 6.48 Å². The van der Waals surface area contributed by atoms with Crippen LogP contribution in [0.3, 0.4) is 0 Å². The molecule has 1 heterocycles. The Bertz CT molecular complexity index is 387. The molecule has 0 aromatic heterocycles. The first-order valence-electron chi connectivity index (χ1n) is 5.78. The first kappa shape index (κ1) is 12.4. The van der Waals surface area contributed by atoms with Gasteiger partial charge in [-0.15, -0.1) is 0 Å². The van der Waals surface area contributed by atoms with E-state index < -0.39 is 0 Å². The number of nitrogens with zero attached hydrogens (tertiary/aromatic N) is 2. The van der Waals surface area contributed by atoms with Crippen molar-refractivity contribution in [2.45, 2.75) is 0 Å². The van der Waals surface area contributed by atoms with Crippen molar-refractivity contribution in [2.24, 2.45) is 0 Å². The zero-order valence-corrected chi connectivity index (χ0v) is 10.4. The molecule has 2 nitrogen and oxygen atoms in total. The maximum absolute atomic E-state index is 13.6. The predicted octanol–water partition coefficient (Wildman–Crippen LogP) is 2.70. The normalized spacial score (nSPS) is 17.9. The smallest absolute Gasteiger partial charge is 0.146 e. The number of anilines is 1. The second-order valence-corrected chi connectivity index (χ2v) is 4.35. The highest BCUT2D eigenvalue weighted by atomic mass is 35.5. The van der Waals surface area contributed by atoms with Crippen LogP contribution in [-0.2, 0) is 0 Å². The summed E-state index contributed by atoms with van der Waals surface area (Å²) < 4.78 is 13.6. The highest BCUT2D eigenvalue weighted by Crippen LogP contribution is 2.19. The Morgan fingerprint density at radius 2 is 1.88 bits per heavy atom. The summed E-state index contributed by atoms with van der Waals surface area (Å²) in [5.74, 6) is -0.137. The molecule has 0 aliphatic carbocycles. The largest absolute Gasteiger partial charge is 0.367 e. The fourth-order valence-corrected chi connectivity index (χ4v) is 2.15. The van der Waals surface area contributed by atoms with Crippen LogP contribution >= 0.6 is 11.6 Å². The average Bonchev–Trinajstić information content (AvgIpc) is 2.38. The number of para-hydroxylation sites is 1. The molecule has 1 aromatic carbocycles. The zero-order chi connectivity index (χ0) is 12.1. The van der Waals surface area contributed by atoms with Crippen molar-refractivity contribution in [1.82, 2.24) is 4.90 Å². The van der Waals surface area contributed by atoms with Gasteiger partial charge >= 0.3 is 0 Å². The van der Waals surface area contributed by atoms with Crippen LogP contribution in [0.5, 0.6) is 0 Å². The molecule has 1 aromatic rings. The van der Waals surface area contributed by atoms with Crippen molar-refractivity contribution in [3.63, 3.8) is 0 Å². The van der Waals surface area contributed by atoms with Crippen LogP contribution in [0.25, 0.3) is 0 Å². The number of halogens is 2. The molecule has 0 unspecified atom stereocenters. The van der Waals surface area contributed by atoms with Gasteiger partial charge in [-0.25, -0.2) is 4.39 Å². The molecule has 1 aliphatic rings. The summed E-state index contributed by atoms with van der Waals surface area (Å²) in [6.07, 6.45) is 1.93. The standard InChI is InChI=1S/C13H16ClFN2/c14-6-3-7-16-8-10-17(11-9-16)13-5-2-1-4-12(13)15/h1-6H,7-11H2/b6-3+. The van der Waals surface area contributed by atoms with Crippen LogP contribution in [0.15, 0.2) is 35.9 Å². The molecule has 2 rings (SSSR count). The first-order chi connectivity index (χ1) is 8.31. The maximum Gasteiger partial charge on any atom is 0.146 e. The van der Waals surface area contributed by atoms with Gasteiger partial charge in [-0.1, -0.05) is 29.8 Å². The Labute approximate surface area is 106 Å². The highest BCUT2D eigenvalue weighted by Gasteiger charge is 2.18. The van der Waals surface area contributed by atoms with Gasteiger partial charge in [-0.2, -0.15) is 0 Å². The van der Waals surface area contributed by atoms with Crippen molar-refractivity contribution in [2.75, 3.05) is 37.6 Å². The predicted molar refractivity (Wildman–Crippen MR) is 70.0 cm³/mol. The van der Waals surface area contributed by atoms with Gasteiger partial charge in [0.1, 0.15) is 5.82 Å². The summed E-state index contributed by atoms with van der Waals surface area (Å²) in [5.41, 5.74) is 2.25. The monoisotopic (exact) mass is 254 g/mol. The summed E-state index contributed by atoms with van der Waals surface area (Å²) in [6.45, 7) is 4.47. The van der Waals surface area contributed by atoms with Crippen LogP contribution in [0.1, 0.15) is 0 Å². The van der Waals surface area contributed by atoms with Crippen molar-refractivity contribution in [1.29, 1.82) is 0 Å². The lowest BCUT2D eigenvalue weighted by molar-refractivity contribution is 0.283. The van der Waals surface area contributed by atoms with E-state index in [1.165, 1.54) is 6.07 Å². The summed E-state index contributed by atoms with van der Waals surface area (Å²) in [4.78, 5) is 4.40. The van der Waals surface area contributed by atoms with Crippen LogP contribution < -0.4 is 4.90 Å². The molecule has 92 valence electrons. The fraction of sp³-hybridized carbons (Fsp3) is 0.385. The summed E-state index contributed by atoms with van der Waals surface area (Å²) in [5, 5.41) is 0. The minimum atomic E-state index is -0.137. The van der Waals surface area contributed by atoms with Gasteiger partial charge in [0.05, 0.1) is 5.69 Å². The minimum absolute atomic E-state index is 0.137. The van der Waals surface area contributed by atoms with Crippen molar-refractivity contribution >= 4 is 17.3 Å². The van der Waals surface area contributed by atoms with Crippen LogP contribution in [0.4, 0.5) is 10.1 Å². The molecule has 0 bridgehead atoms. The first-order valence-corrected chi connectivity index (χ1v) is 6.22. The lowest BCUT2D eigenvalue weighted by atomic mass is 10.2. The van der Waals surface area contributed by atoms with E-state index in [0.717, 1.165) is 32.7 Å². The molecular formula is C13H16ClFN2. The number of rotatable bonds is 3. The summed E-state index contributed by atoms with van der Waals surface area (Å²) in [7, 11) is 0. The Balaban J connectivity index is 1.93. The molecular weight excluding hydrogens is 239 g/mol. The lowest BCUT2D eigenvalue weighted by Gasteiger charge is -2.35. The van der Waals surface area contributed by atoms with Gasteiger partial charge < -0.3 is 4.90 Å². The molecule has 0 N–H and O–H groups in total. The maximum atomic E-state index is 13.6. The van der Waals surface area contributed by atoms with Crippen LogP contribution in [-0.4, -0.2) is 37.6 Å². The number of hydrogen-bond donors (Lipinski definition) is 0. The molecule has 17 heavy (non-hydrogen) atoms. The molecule has 1 aliphatic heterocycles. The third-order valence-electron chi connectivity index (χ3n) is 3.02. The Kier molecular flexibility index (Phi) is 4.40. The van der Waals surface area contributed by atoms with Gasteiger partial charge in [0.2, 0.25) is 0 Å². The Morgan fingerprint density at radius 3 is 2.53 bits per heavy atom. The van der Waals surface area contributed by atoms with Crippen LogP contribution in [0.2, 0.25) is 0 Å². The van der Waals surface area contributed by atoms with Gasteiger partial charge in [-0.3, -0.25) is 4.90 Å². The van der Waals surface area contributed by atoms with Gasteiger partial charge in [-0.05, 0) is 12.1 Å². The van der Waals surface area contributed by atoms with E-state index in [1.54, 1.807) is 11.6 Å². The van der Waals surface area contributed by atoms with E-state index in [4.69, 9.17) is 11.6 Å². The van der Waals surface area contributed by atoms with Gasteiger partial charge in [0.25, 0.3) is 0 Å².